The summed E-state index contributed by atoms with van der Waals surface area (Å²) in [6.45, 7) is 1.94. The summed E-state index contributed by atoms with van der Waals surface area (Å²) in [5.74, 6) is 3.94. The van der Waals surface area contributed by atoms with Crippen molar-refractivity contribution in [1.29, 1.82) is 0 Å². The Kier molecular flexibility index (Phi) is 1.61. The fourth-order valence-corrected chi connectivity index (χ4v) is 0.529. The van der Waals surface area contributed by atoms with Crippen LogP contribution in [-0.2, 0) is 0 Å². The van der Waals surface area contributed by atoms with Gasteiger partial charge in [-0.3, -0.25) is 0 Å². The molecule has 1 aliphatic heterocycles. The van der Waals surface area contributed by atoms with Crippen molar-refractivity contribution in [3.05, 3.63) is 18.4 Å². The Bertz CT molecular complexity index is 227. The molecular formula is C7H9N2+. The second-order valence-corrected chi connectivity index (χ2v) is 1.87. The third-order valence-electron chi connectivity index (χ3n) is 1.20. The molecule has 2 heteroatoms. The first kappa shape index (κ1) is 5.99. The van der Waals surface area contributed by atoms with Gasteiger partial charge < -0.3 is 0 Å². The van der Waals surface area contributed by atoms with Gasteiger partial charge in [0.05, 0.1) is 12.9 Å². The van der Waals surface area contributed by atoms with Gasteiger partial charge in [-0.2, -0.15) is 4.58 Å². The van der Waals surface area contributed by atoms with Crippen molar-refractivity contribution in [2.75, 3.05) is 7.05 Å². The zero-order valence-corrected chi connectivity index (χ0v) is 5.63. The normalized spacial score (nSPS) is 16.7. The van der Waals surface area contributed by atoms with Crippen molar-refractivity contribution in [3.8, 4) is 0 Å². The van der Waals surface area contributed by atoms with Crippen LogP contribution in [0.25, 0.3) is 0 Å². The largest absolute Gasteiger partial charge is 0.302 e. The third-order valence-corrected chi connectivity index (χ3v) is 1.20. The summed E-state index contributed by atoms with van der Waals surface area (Å²) < 4.78 is 1.85. The molecule has 0 saturated heterocycles. The fraction of sp³-hybridized carbons (Fsp3) is 0.286. The van der Waals surface area contributed by atoms with Crippen molar-refractivity contribution in [2.45, 2.75) is 6.92 Å². The Labute approximate surface area is 54.5 Å². The highest BCUT2D eigenvalue weighted by molar-refractivity contribution is 5.75. The second kappa shape index (κ2) is 2.42. The van der Waals surface area contributed by atoms with Gasteiger partial charge in [0, 0.05) is 13.0 Å². The first-order valence-electron chi connectivity index (χ1n) is 2.83. The van der Waals surface area contributed by atoms with E-state index in [1.807, 2.05) is 30.7 Å². The monoisotopic (exact) mass is 121 g/mol. The van der Waals surface area contributed by atoms with Crippen molar-refractivity contribution in [1.82, 2.24) is 0 Å². The second-order valence-electron chi connectivity index (χ2n) is 1.87. The molecule has 0 aromatic rings. The van der Waals surface area contributed by atoms with E-state index in [1.165, 1.54) is 0 Å². The molecule has 0 aromatic carbocycles. The average Bonchev–Trinajstić information content (AvgIpc) is 1.99. The number of aliphatic imine (C=N–C) groups is 1. The summed E-state index contributed by atoms with van der Waals surface area (Å²) in [7, 11) is 1.92. The molecule has 0 atom stereocenters. The van der Waals surface area contributed by atoms with Gasteiger partial charge in [0.2, 0.25) is 0 Å². The van der Waals surface area contributed by atoms with E-state index in [-0.39, 0.29) is 0 Å². The Morgan fingerprint density at radius 1 is 1.67 bits per heavy atom. The highest BCUT2D eigenvalue weighted by atomic mass is 15.0. The lowest BCUT2D eigenvalue weighted by Gasteiger charge is -1.84. The maximum Gasteiger partial charge on any atom is 0.302 e. The van der Waals surface area contributed by atoms with E-state index < -0.39 is 0 Å². The van der Waals surface area contributed by atoms with Crippen LogP contribution in [-0.4, -0.2) is 23.3 Å². The van der Waals surface area contributed by atoms with Crippen molar-refractivity contribution >= 4 is 11.7 Å². The van der Waals surface area contributed by atoms with E-state index in [0.717, 1.165) is 5.84 Å². The molecule has 0 fully saturated rings. The van der Waals surface area contributed by atoms with Crippen molar-refractivity contribution in [2.24, 2.45) is 4.99 Å². The van der Waals surface area contributed by atoms with E-state index >= 15 is 0 Å². The molecule has 46 valence electrons. The van der Waals surface area contributed by atoms with E-state index in [0.29, 0.717) is 0 Å². The summed E-state index contributed by atoms with van der Waals surface area (Å²) in [4.78, 5) is 4.07. The number of amidine groups is 1. The van der Waals surface area contributed by atoms with Gasteiger partial charge in [-0.1, -0.05) is 4.99 Å². The minimum absolute atomic E-state index is 0.958. The lowest BCUT2D eigenvalue weighted by atomic mass is 10.6. The molecule has 9 heavy (non-hydrogen) atoms. The minimum Gasteiger partial charge on any atom is -0.192 e. The molecule has 0 amide bonds. The Morgan fingerprint density at radius 3 is 3.22 bits per heavy atom. The summed E-state index contributed by atoms with van der Waals surface area (Å²) in [6.07, 6.45) is 5.44. The number of hydrogen-bond donors (Lipinski definition) is 0. The van der Waals surface area contributed by atoms with Crippen molar-refractivity contribution < 1.29 is 4.58 Å². The molecule has 0 N–H and O–H groups in total. The first-order chi connectivity index (χ1) is 4.30. The maximum atomic E-state index is 4.07. The smallest absolute Gasteiger partial charge is 0.192 e. The summed E-state index contributed by atoms with van der Waals surface area (Å²) in [5, 5.41) is 0. The van der Waals surface area contributed by atoms with Crippen LogP contribution in [0.3, 0.4) is 0 Å². The molecule has 0 spiro atoms. The quantitative estimate of drug-likeness (QED) is 0.421. The average molecular weight is 121 g/mol. The predicted octanol–water partition coefficient (Wildman–Crippen LogP) is 0.800. The lowest BCUT2D eigenvalue weighted by Crippen LogP contribution is -2.09. The highest BCUT2D eigenvalue weighted by Crippen LogP contribution is 1.84. The van der Waals surface area contributed by atoms with Crippen LogP contribution >= 0.6 is 0 Å². The highest BCUT2D eigenvalue weighted by Gasteiger charge is 1.99. The molecule has 1 aliphatic rings. The topological polar surface area (TPSA) is 15.4 Å². The van der Waals surface area contributed by atoms with Gasteiger partial charge in [-0.25, -0.2) is 0 Å². The van der Waals surface area contributed by atoms with Gasteiger partial charge >= 0.3 is 5.84 Å². The number of hydrogen-bond acceptors (Lipinski definition) is 1. The minimum atomic E-state index is 0.958. The van der Waals surface area contributed by atoms with Gasteiger partial charge in [-0.05, 0) is 6.08 Å². The molecule has 0 saturated carbocycles. The standard InChI is InChI=1S/C7H9N2/c1-7-8-5-3-4-6-9(7)2/h3-5H,1-2H3/q+1. The van der Waals surface area contributed by atoms with E-state index in [1.54, 1.807) is 6.20 Å². The van der Waals surface area contributed by atoms with Gasteiger partial charge in [0.1, 0.15) is 6.20 Å². The maximum absolute atomic E-state index is 4.07. The van der Waals surface area contributed by atoms with E-state index in [2.05, 4.69) is 10.9 Å². The first-order valence-corrected chi connectivity index (χ1v) is 2.83. The van der Waals surface area contributed by atoms with E-state index in [9.17, 15) is 0 Å². The Balaban J connectivity index is 3.06. The molecule has 0 unspecified atom stereocenters. The van der Waals surface area contributed by atoms with Gasteiger partial charge in [0.25, 0.3) is 0 Å². The molecule has 1 rings (SSSR count). The summed E-state index contributed by atoms with van der Waals surface area (Å²) in [5.41, 5.74) is 0. The molecule has 0 radical (unpaired) electrons. The Morgan fingerprint density at radius 2 is 2.44 bits per heavy atom. The SMILES string of the molecule is CC1=NC=CC=C=[N+]1C. The molecule has 0 aliphatic carbocycles. The van der Waals surface area contributed by atoms with Crippen LogP contribution in [0.2, 0.25) is 0 Å². The molecule has 2 nitrogen and oxygen atoms in total. The zero-order chi connectivity index (χ0) is 6.69. The van der Waals surface area contributed by atoms with Crippen LogP contribution in [0.1, 0.15) is 6.92 Å². The van der Waals surface area contributed by atoms with Crippen LogP contribution in [0, 0.1) is 0 Å². The van der Waals surface area contributed by atoms with Gasteiger partial charge in [0.15, 0.2) is 0 Å². The molecular weight excluding hydrogens is 112 g/mol. The third kappa shape index (κ3) is 1.37. The van der Waals surface area contributed by atoms with Crippen molar-refractivity contribution in [3.63, 3.8) is 0 Å². The van der Waals surface area contributed by atoms with Crippen LogP contribution < -0.4 is 0 Å². The van der Waals surface area contributed by atoms with Crippen LogP contribution in [0.5, 0.6) is 0 Å². The number of allylic oxidation sites excluding steroid dienone is 2. The van der Waals surface area contributed by atoms with Gasteiger partial charge in [-0.15, -0.1) is 0 Å². The lowest BCUT2D eigenvalue weighted by molar-refractivity contribution is -0.363. The fourth-order valence-electron chi connectivity index (χ4n) is 0.529. The van der Waals surface area contributed by atoms with E-state index in [4.69, 9.17) is 0 Å². The zero-order valence-electron chi connectivity index (χ0n) is 5.63. The predicted molar refractivity (Wildman–Crippen MR) is 38.0 cm³/mol. The summed E-state index contributed by atoms with van der Waals surface area (Å²) >= 11 is 0. The molecule has 1 heterocycles. The Hall–Kier alpha value is -1.14. The molecule has 0 aromatic heterocycles. The molecule has 0 bridgehead atoms. The van der Waals surface area contributed by atoms with Crippen LogP contribution in [0.4, 0.5) is 0 Å². The number of nitrogens with zero attached hydrogens (tertiary/aromatic N) is 2. The summed E-state index contributed by atoms with van der Waals surface area (Å²) in [6, 6.07) is 0. The number of rotatable bonds is 0. The van der Waals surface area contributed by atoms with Crippen LogP contribution in [0.15, 0.2) is 23.3 Å².